The number of imidazole rings is 1. The fourth-order valence-corrected chi connectivity index (χ4v) is 3.59. The Morgan fingerprint density at radius 3 is 3.04 bits per heavy atom. The third-order valence-corrected chi connectivity index (χ3v) is 5.27. The zero-order valence-corrected chi connectivity index (χ0v) is 14.4. The van der Waals surface area contributed by atoms with Crippen LogP contribution < -0.4 is 5.32 Å². The van der Waals surface area contributed by atoms with E-state index in [1.165, 1.54) is 12.7 Å². The summed E-state index contributed by atoms with van der Waals surface area (Å²) in [6.07, 6.45) is 6.38. The summed E-state index contributed by atoms with van der Waals surface area (Å²) in [4.78, 5) is 30.0. The smallest absolute Gasteiger partial charge is 0.226 e. The van der Waals surface area contributed by atoms with Crippen molar-refractivity contribution >= 4 is 22.9 Å². The maximum absolute atomic E-state index is 12.5. The quantitative estimate of drug-likeness (QED) is 0.733. The SMILES string of the molecule is O=C(C1CCC1)N1CCn2nc(CNc3ncnc4nc[nH]c34)cc2C1. The molecule has 2 N–H and O–H groups in total. The predicted molar refractivity (Wildman–Crippen MR) is 94.0 cm³/mol. The number of aromatic amines is 1. The van der Waals surface area contributed by atoms with Gasteiger partial charge in [-0.05, 0) is 18.9 Å². The Bertz CT molecular complexity index is 957. The van der Waals surface area contributed by atoms with E-state index < -0.39 is 0 Å². The minimum absolute atomic E-state index is 0.250. The van der Waals surface area contributed by atoms with E-state index in [9.17, 15) is 4.79 Å². The van der Waals surface area contributed by atoms with Crippen molar-refractivity contribution in [3.05, 3.63) is 30.1 Å². The Morgan fingerprint density at radius 2 is 2.19 bits per heavy atom. The number of rotatable bonds is 4. The van der Waals surface area contributed by atoms with Gasteiger partial charge in [-0.1, -0.05) is 6.42 Å². The normalized spacial score (nSPS) is 17.2. The number of fused-ring (bicyclic) bond motifs is 2. The molecule has 4 heterocycles. The van der Waals surface area contributed by atoms with Crippen molar-refractivity contribution in [1.29, 1.82) is 0 Å². The Balaban J connectivity index is 1.28. The number of anilines is 1. The Morgan fingerprint density at radius 1 is 1.27 bits per heavy atom. The molecule has 5 rings (SSSR count). The molecule has 0 unspecified atom stereocenters. The highest BCUT2D eigenvalue weighted by molar-refractivity contribution is 5.82. The van der Waals surface area contributed by atoms with Crippen LogP contribution in [0.3, 0.4) is 0 Å². The molecule has 0 saturated heterocycles. The van der Waals surface area contributed by atoms with Gasteiger partial charge in [-0.25, -0.2) is 15.0 Å². The van der Waals surface area contributed by atoms with Crippen molar-refractivity contribution in [3.63, 3.8) is 0 Å². The summed E-state index contributed by atoms with van der Waals surface area (Å²) in [5, 5.41) is 7.94. The minimum atomic E-state index is 0.250. The maximum atomic E-state index is 12.5. The van der Waals surface area contributed by atoms with Crippen LogP contribution in [0.25, 0.3) is 11.2 Å². The van der Waals surface area contributed by atoms with Gasteiger partial charge in [0.25, 0.3) is 0 Å². The van der Waals surface area contributed by atoms with E-state index in [4.69, 9.17) is 0 Å². The van der Waals surface area contributed by atoms with Crippen molar-refractivity contribution in [2.24, 2.45) is 5.92 Å². The number of aromatic nitrogens is 6. The first kappa shape index (κ1) is 15.3. The Labute approximate surface area is 149 Å². The van der Waals surface area contributed by atoms with Gasteiger partial charge < -0.3 is 15.2 Å². The van der Waals surface area contributed by atoms with E-state index in [0.29, 0.717) is 30.5 Å². The van der Waals surface area contributed by atoms with E-state index in [1.807, 2.05) is 9.58 Å². The molecular formula is C17H20N8O. The van der Waals surface area contributed by atoms with E-state index in [-0.39, 0.29) is 5.92 Å². The topological polar surface area (TPSA) is 105 Å². The van der Waals surface area contributed by atoms with Gasteiger partial charge in [0.1, 0.15) is 11.8 Å². The molecule has 1 fully saturated rings. The molecule has 134 valence electrons. The van der Waals surface area contributed by atoms with E-state index >= 15 is 0 Å². The number of hydrogen-bond donors (Lipinski definition) is 2. The van der Waals surface area contributed by atoms with Gasteiger partial charge in [0.05, 0.1) is 37.3 Å². The average molecular weight is 352 g/mol. The summed E-state index contributed by atoms with van der Waals surface area (Å²) in [7, 11) is 0. The first-order valence-corrected chi connectivity index (χ1v) is 9.00. The summed E-state index contributed by atoms with van der Waals surface area (Å²) in [6.45, 7) is 2.71. The van der Waals surface area contributed by atoms with Crippen LogP contribution in [0.1, 0.15) is 30.7 Å². The standard InChI is InChI=1S/C17H20N8O/c26-17(11-2-1-3-11)24-4-5-25-13(8-24)6-12(23-25)7-18-15-14-16(20-9-19-14)22-10-21-15/h6,9-11H,1-5,7-8H2,(H2,18,19,20,21,22). The molecule has 1 aliphatic carbocycles. The van der Waals surface area contributed by atoms with Gasteiger partial charge in [-0.15, -0.1) is 0 Å². The van der Waals surface area contributed by atoms with Crippen LogP contribution in [0.4, 0.5) is 5.82 Å². The first-order valence-electron chi connectivity index (χ1n) is 9.00. The fourth-order valence-electron chi connectivity index (χ4n) is 3.59. The van der Waals surface area contributed by atoms with Crippen LogP contribution in [0, 0.1) is 5.92 Å². The number of nitrogens with one attached hydrogen (secondary N) is 2. The summed E-state index contributed by atoms with van der Waals surface area (Å²) >= 11 is 0. The third-order valence-electron chi connectivity index (χ3n) is 5.27. The molecule has 0 spiro atoms. The molecule has 0 aromatic carbocycles. The van der Waals surface area contributed by atoms with Crippen LogP contribution in [-0.4, -0.2) is 47.1 Å². The largest absolute Gasteiger partial charge is 0.362 e. The van der Waals surface area contributed by atoms with Gasteiger partial charge in [-0.2, -0.15) is 5.10 Å². The lowest BCUT2D eigenvalue weighted by molar-refractivity contribution is -0.139. The van der Waals surface area contributed by atoms with Gasteiger partial charge in [0, 0.05) is 12.5 Å². The molecule has 0 bridgehead atoms. The van der Waals surface area contributed by atoms with Gasteiger partial charge in [0.15, 0.2) is 11.5 Å². The molecule has 1 aliphatic heterocycles. The van der Waals surface area contributed by atoms with Gasteiger partial charge in [0.2, 0.25) is 5.91 Å². The van der Waals surface area contributed by atoms with E-state index in [1.54, 1.807) is 6.33 Å². The fraction of sp³-hybridized carbons (Fsp3) is 0.471. The predicted octanol–water partition coefficient (Wildman–Crippen LogP) is 1.30. The Kier molecular flexibility index (Phi) is 3.58. The van der Waals surface area contributed by atoms with Crippen molar-refractivity contribution in [1.82, 2.24) is 34.6 Å². The third kappa shape index (κ3) is 2.59. The molecule has 3 aromatic rings. The van der Waals surface area contributed by atoms with Crippen molar-refractivity contribution < 1.29 is 4.79 Å². The van der Waals surface area contributed by atoms with Gasteiger partial charge in [-0.3, -0.25) is 9.48 Å². The zero-order valence-electron chi connectivity index (χ0n) is 14.4. The van der Waals surface area contributed by atoms with Crippen molar-refractivity contribution in [2.45, 2.75) is 38.9 Å². The number of amides is 1. The number of nitrogens with zero attached hydrogens (tertiary/aromatic N) is 6. The van der Waals surface area contributed by atoms with Gasteiger partial charge >= 0.3 is 0 Å². The maximum Gasteiger partial charge on any atom is 0.226 e. The molecule has 0 atom stereocenters. The van der Waals surface area contributed by atoms with E-state index in [0.717, 1.165) is 42.8 Å². The second-order valence-electron chi connectivity index (χ2n) is 6.91. The molecule has 2 aliphatic rings. The minimum Gasteiger partial charge on any atom is -0.362 e. The molecule has 9 heteroatoms. The van der Waals surface area contributed by atoms with E-state index in [2.05, 4.69) is 36.4 Å². The molecule has 26 heavy (non-hydrogen) atoms. The number of carbonyl (C=O) groups is 1. The molecule has 3 aromatic heterocycles. The lowest BCUT2D eigenvalue weighted by Gasteiger charge is -2.34. The highest BCUT2D eigenvalue weighted by Crippen LogP contribution is 2.29. The summed E-state index contributed by atoms with van der Waals surface area (Å²) in [6, 6.07) is 2.07. The lowest BCUT2D eigenvalue weighted by Crippen LogP contribution is -2.43. The molecule has 9 nitrogen and oxygen atoms in total. The van der Waals surface area contributed by atoms with Crippen molar-refractivity contribution in [3.8, 4) is 0 Å². The summed E-state index contributed by atoms with van der Waals surface area (Å²) < 4.78 is 2.01. The number of carbonyl (C=O) groups excluding carboxylic acids is 1. The second-order valence-corrected chi connectivity index (χ2v) is 6.91. The van der Waals surface area contributed by atoms with Crippen LogP contribution in [-0.2, 0) is 24.4 Å². The molecular weight excluding hydrogens is 332 g/mol. The summed E-state index contributed by atoms with van der Waals surface area (Å²) in [5.41, 5.74) is 3.45. The van der Waals surface area contributed by atoms with Crippen LogP contribution >= 0.6 is 0 Å². The monoisotopic (exact) mass is 352 g/mol. The van der Waals surface area contributed by atoms with Crippen LogP contribution in [0.2, 0.25) is 0 Å². The highest BCUT2D eigenvalue weighted by atomic mass is 16.2. The number of H-pyrrole nitrogens is 1. The first-order chi connectivity index (χ1) is 12.8. The van der Waals surface area contributed by atoms with Crippen molar-refractivity contribution in [2.75, 3.05) is 11.9 Å². The molecule has 1 saturated carbocycles. The van der Waals surface area contributed by atoms with Crippen LogP contribution in [0.15, 0.2) is 18.7 Å². The average Bonchev–Trinajstić information content (AvgIpc) is 3.24. The van der Waals surface area contributed by atoms with Crippen LogP contribution in [0.5, 0.6) is 0 Å². The Hall–Kier alpha value is -2.97. The molecule has 0 radical (unpaired) electrons. The second kappa shape index (κ2) is 6.08. The highest BCUT2D eigenvalue weighted by Gasteiger charge is 2.31. The zero-order chi connectivity index (χ0) is 17.5. The lowest BCUT2D eigenvalue weighted by atomic mass is 9.84. The molecule has 1 amide bonds. The number of hydrogen-bond acceptors (Lipinski definition) is 6. The summed E-state index contributed by atoms with van der Waals surface area (Å²) in [5.74, 6) is 1.27.